The molecule has 2 aromatic rings. The van der Waals surface area contributed by atoms with E-state index in [0.717, 1.165) is 23.4 Å². The average Bonchev–Trinajstić information content (AvgIpc) is 3.08. The second-order valence-corrected chi connectivity index (χ2v) is 6.12. The molecular weight excluding hydrogens is 318 g/mol. The number of nitriles is 1. The standard InChI is InChI=1S/C19H17N3O3/c1-22(2)12-5-3-11-4-6-15(25-16(11)7-12)13-8-17-19(24-10-23-17)14(9-20)18(13)21/h3,5-8H,4,10,21H2,1-2H3. The van der Waals surface area contributed by atoms with Crippen molar-refractivity contribution in [2.24, 2.45) is 0 Å². The number of nitrogens with two attached hydrogens (primary N) is 1. The van der Waals surface area contributed by atoms with Gasteiger partial charge in [-0.05, 0) is 30.2 Å². The molecule has 2 N–H and O–H groups in total. The van der Waals surface area contributed by atoms with E-state index in [-0.39, 0.29) is 12.4 Å². The number of ether oxygens (including phenoxy) is 3. The summed E-state index contributed by atoms with van der Waals surface area (Å²) in [6.45, 7) is 0.0852. The Labute approximate surface area is 145 Å². The lowest BCUT2D eigenvalue weighted by atomic mass is 10.0. The lowest BCUT2D eigenvalue weighted by molar-refractivity contribution is 0.173. The van der Waals surface area contributed by atoms with Gasteiger partial charge in [0.25, 0.3) is 0 Å². The van der Waals surface area contributed by atoms with Gasteiger partial charge < -0.3 is 24.8 Å². The molecule has 2 aromatic carbocycles. The molecule has 0 aromatic heterocycles. The van der Waals surface area contributed by atoms with Gasteiger partial charge in [0.15, 0.2) is 11.5 Å². The highest BCUT2D eigenvalue weighted by Crippen LogP contribution is 2.44. The van der Waals surface area contributed by atoms with E-state index in [1.165, 1.54) is 0 Å². The molecule has 2 aliphatic heterocycles. The number of allylic oxidation sites excluding steroid dienone is 1. The van der Waals surface area contributed by atoms with Crippen LogP contribution in [-0.4, -0.2) is 20.9 Å². The zero-order valence-corrected chi connectivity index (χ0v) is 14.0. The summed E-state index contributed by atoms with van der Waals surface area (Å²) in [4.78, 5) is 2.02. The summed E-state index contributed by atoms with van der Waals surface area (Å²) in [5.41, 5.74) is 9.63. The number of hydrogen-bond donors (Lipinski definition) is 1. The molecule has 2 aliphatic rings. The molecule has 0 unspecified atom stereocenters. The molecule has 2 heterocycles. The predicted octanol–water partition coefficient (Wildman–Crippen LogP) is 2.91. The number of benzene rings is 2. The van der Waals surface area contributed by atoms with Gasteiger partial charge >= 0.3 is 0 Å². The summed E-state index contributed by atoms with van der Waals surface area (Å²) >= 11 is 0. The van der Waals surface area contributed by atoms with Gasteiger partial charge in [0, 0.05) is 31.4 Å². The van der Waals surface area contributed by atoms with E-state index in [0.29, 0.717) is 28.5 Å². The smallest absolute Gasteiger partial charge is 0.231 e. The SMILES string of the molecule is CN(C)c1ccc2c(c1)OC(c1cc3c(c(C#N)c1N)OCO3)=CC2. The van der Waals surface area contributed by atoms with Crippen LogP contribution >= 0.6 is 0 Å². The molecule has 126 valence electrons. The van der Waals surface area contributed by atoms with Crippen LogP contribution in [0.3, 0.4) is 0 Å². The summed E-state index contributed by atoms with van der Waals surface area (Å²) in [5, 5.41) is 9.43. The first-order valence-corrected chi connectivity index (χ1v) is 7.89. The maximum Gasteiger partial charge on any atom is 0.231 e. The van der Waals surface area contributed by atoms with Crippen molar-refractivity contribution in [1.29, 1.82) is 5.26 Å². The molecule has 0 radical (unpaired) electrons. The highest BCUT2D eigenvalue weighted by Gasteiger charge is 2.26. The molecular formula is C19H17N3O3. The average molecular weight is 335 g/mol. The zero-order chi connectivity index (χ0) is 17.6. The topological polar surface area (TPSA) is 80.7 Å². The molecule has 6 heteroatoms. The van der Waals surface area contributed by atoms with Gasteiger partial charge in [-0.2, -0.15) is 5.26 Å². The normalized spacial score (nSPS) is 14.2. The predicted molar refractivity (Wildman–Crippen MR) is 94.8 cm³/mol. The van der Waals surface area contributed by atoms with E-state index in [2.05, 4.69) is 18.2 Å². The first-order chi connectivity index (χ1) is 12.1. The van der Waals surface area contributed by atoms with Crippen LogP contribution < -0.4 is 24.8 Å². The Morgan fingerprint density at radius 1 is 1.16 bits per heavy atom. The Morgan fingerprint density at radius 2 is 2.00 bits per heavy atom. The van der Waals surface area contributed by atoms with Crippen molar-refractivity contribution >= 4 is 17.1 Å². The Hall–Kier alpha value is -3.33. The van der Waals surface area contributed by atoms with Crippen molar-refractivity contribution in [3.63, 3.8) is 0 Å². The third kappa shape index (κ3) is 2.41. The summed E-state index contributed by atoms with van der Waals surface area (Å²) in [6, 6.07) is 9.98. The second kappa shape index (κ2) is 5.64. The number of nitrogens with zero attached hydrogens (tertiary/aromatic N) is 2. The van der Waals surface area contributed by atoms with Gasteiger partial charge in [0.1, 0.15) is 23.1 Å². The van der Waals surface area contributed by atoms with Crippen LogP contribution in [0.15, 0.2) is 30.3 Å². The molecule has 0 saturated heterocycles. The van der Waals surface area contributed by atoms with E-state index in [1.807, 2.05) is 31.1 Å². The number of hydrogen-bond acceptors (Lipinski definition) is 6. The lowest BCUT2D eigenvalue weighted by Crippen LogP contribution is -2.11. The maximum absolute atomic E-state index is 9.43. The minimum Gasteiger partial charge on any atom is -0.457 e. The summed E-state index contributed by atoms with van der Waals surface area (Å²) < 4.78 is 16.9. The second-order valence-electron chi connectivity index (χ2n) is 6.12. The van der Waals surface area contributed by atoms with Gasteiger partial charge in [0.2, 0.25) is 6.79 Å². The van der Waals surface area contributed by atoms with E-state index >= 15 is 0 Å². The molecule has 25 heavy (non-hydrogen) atoms. The zero-order valence-electron chi connectivity index (χ0n) is 14.0. The number of nitrogen functional groups attached to an aromatic ring is 1. The Balaban J connectivity index is 1.76. The summed E-state index contributed by atoms with van der Waals surface area (Å²) in [7, 11) is 3.96. The van der Waals surface area contributed by atoms with Crippen LogP contribution in [0, 0.1) is 11.3 Å². The molecule has 4 rings (SSSR count). The fourth-order valence-corrected chi connectivity index (χ4v) is 2.98. The first kappa shape index (κ1) is 15.2. The fraction of sp³-hybridized carbons (Fsp3) is 0.211. The number of anilines is 2. The van der Waals surface area contributed by atoms with Crippen LogP contribution in [0.25, 0.3) is 5.76 Å². The lowest BCUT2D eigenvalue weighted by Gasteiger charge is -2.22. The van der Waals surface area contributed by atoms with Crippen LogP contribution in [0.5, 0.6) is 17.2 Å². The summed E-state index contributed by atoms with van der Waals surface area (Å²) in [6.07, 6.45) is 2.70. The minimum atomic E-state index is 0.0852. The first-order valence-electron chi connectivity index (χ1n) is 7.89. The maximum atomic E-state index is 9.43. The number of fused-ring (bicyclic) bond motifs is 2. The Morgan fingerprint density at radius 3 is 2.76 bits per heavy atom. The van der Waals surface area contributed by atoms with Crippen LogP contribution in [0.1, 0.15) is 16.7 Å². The molecule has 6 nitrogen and oxygen atoms in total. The third-order valence-corrected chi connectivity index (χ3v) is 4.38. The van der Waals surface area contributed by atoms with Gasteiger partial charge in [-0.3, -0.25) is 0 Å². The van der Waals surface area contributed by atoms with Crippen molar-refractivity contribution < 1.29 is 14.2 Å². The van der Waals surface area contributed by atoms with Gasteiger partial charge in [-0.25, -0.2) is 0 Å². The molecule has 0 atom stereocenters. The van der Waals surface area contributed by atoms with E-state index in [9.17, 15) is 5.26 Å². The van der Waals surface area contributed by atoms with E-state index in [1.54, 1.807) is 6.07 Å². The van der Waals surface area contributed by atoms with Gasteiger partial charge in [-0.1, -0.05) is 6.07 Å². The molecule has 0 fully saturated rings. The van der Waals surface area contributed by atoms with Crippen LogP contribution in [0.2, 0.25) is 0 Å². The monoisotopic (exact) mass is 335 g/mol. The van der Waals surface area contributed by atoms with Crippen molar-refractivity contribution in [3.05, 3.63) is 47.0 Å². The highest BCUT2D eigenvalue weighted by molar-refractivity contribution is 5.82. The molecule has 0 saturated carbocycles. The quantitative estimate of drug-likeness (QED) is 0.850. The van der Waals surface area contributed by atoms with Crippen molar-refractivity contribution in [2.75, 3.05) is 31.5 Å². The molecule has 0 aliphatic carbocycles. The Bertz CT molecular complexity index is 942. The largest absolute Gasteiger partial charge is 0.457 e. The van der Waals surface area contributed by atoms with Crippen LogP contribution in [0.4, 0.5) is 11.4 Å². The van der Waals surface area contributed by atoms with Crippen LogP contribution in [-0.2, 0) is 6.42 Å². The van der Waals surface area contributed by atoms with Crippen molar-refractivity contribution in [1.82, 2.24) is 0 Å². The fourth-order valence-electron chi connectivity index (χ4n) is 2.98. The molecule has 0 bridgehead atoms. The van der Waals surface area contributed by atoms with E-state index in [4.69, 9.17) is 19.9 Å². The van der Waals surface area contributed by atoms with Crippen molar-refractivity contribution in [2.45, 2.75) is 6.42 Å². The molecule has 0 spiro atoms. The Kier molecular flexibility index (Phi) is 3.43. The highest BCUT2D eigenvalue weighted by atomic mass is 16.7. The van der Waals surface area contributed by atoms with Gasteiger partial charge in [-0.15, -0.1) is 0 Å². The number of rotatable bonds is 2. The van der Waals surface area contributed by atoms with Crippen molar-refractivity contribution in [3.8, 4) is 23.3 Å². The summed E-state index contributed by atoms with van der Waals surface area (Å²) in [5.74, 6) is 2.32. The van der Waals surface area contributed by atoms with Gasteiger partial charge in [0.05, 0.1) is 5.69 Å². The minimum absolute atomic E-state index is 0.0852. The van der Waals surface area contributed by atoms with E-state index < -0.39 is 0 Å². The molecule has 0 amide bonds. The third-order valence-electron chi connectivity index (χ3n) is 4.38.